The van der Waals surface area contributed by atoms with Gasteiger partial charge in [0.15, 0.2) is 15.0 Å². The van der Waals surface area contributed by atoms with Crippen LogP contribution in [-0.2, 0) is 9.84 Å². The Labute approximate surface area is 199 Å². The zero-order valence-electron chi connectivity index (χ0n) is 18.6. The van der Waals surface area contributed by atoms with Gasteiger partial charge in [-0.15, -0.1) is 12.4 Å². The zero-order chi connectivity index (χ0) is 22.6. The Morgan fingerprint density at radius 2 is 1.88 bits per heavy atom. The largest absolute Gasteiger partial charge is 0.494 e. The van der Waals surface area contributed by atoms with Crippen molar-refractivity contribution in [2.45, 2.75) is 18.2 Å². The topological polar surface area (TPSA) is 79.8 Å². The average molecular weight is 498 g/mol. The fourth-order valence-corrected chi connectivity index (χ4v) is 4.79. The van der Waals surface area contributed by atoms with E-state index in [4.69, 9.17) is 4.74 Å². The number of rotatable bonds is 9. The van der Waals surface area contributed by atoms with E-state index >= 15 is 0 Å². The van der Waals surface area contributed by atoms with Gasteiger partial charge < -0.3 is 9.64 Å². The van der Waals surface area contributed by atoms with E-state index in [1.54, 1.807) is 17.0 Å². The van der Waals surface area contributed by atoms with Crippen molar-refractivity contribution in [3.63, 3.8) is 0 Å². The maximum absolute atomic E-state index is 13.4. The van der Waals surface area contributed by atoms with Crippen LogP contribution < -0.4 is 9.64 Å². The normalized spacial score (nSPS) is 11.4. The van der Waals surface area contributed by atoms with Crippen molar-refractivity contribution in [3.8, 4) is 5.75 Å². The molecule has 1 aromatic heterocycles. The molecule has 3 aromatic rings. The number of amides is 1. The molecule has 0 aliphatic rings. The molecule has 0 saturated carbocycles. The standard InChI is InChI=1S/C22H27N3O4S2.ClH/c1-5-29-17-10-11-19-20(15-17)30-22(23-19)25(13-7-12-24(2)3)21(26)16-8-6-9-18(14-16)31(4,27)28;/h6,8-11,14-15H,5,7,12-13H2,1-4H3;1H. The number of carbonyl (C=O) groups excluding carboxylic acids is 1. The second-order valence-electron chi connectivity index (χ2n) is 7.47. The number of anilines is 1. The van der Waals surface area contributed by atoms with Gasteiger partial charge in [0.05, 0.1) is 21.7 Å². The lowest BCUT2D eigenvalue weighted by Crippen LogP contribution is -2.33. The number of thiazole rings is 1. The van der Waals surface area contributed by atoms with Gasteiger partial charge in [0.1, 0.15) is 5.75 Å². The quantitative estimate of drug-likeness (QED) is 0.442. The highest BCUT2D eigenvalue weighted by Crippen LogP contribution is 2.32. The van der Waals surface area contributed by atoms with Gasteiger partial charge in [0.2, 0.25) is 0 Å². The minimum atomic E-state index is -3.41. The van der Waals surface area contributed by atoms with Gasteiger partial charge in [-0.3, -0.25) is 9.69 Å². The van der Waals surface area contributed by atoms with Gasteiger partial charge in [-0.25, -0.2) is 13.4 Å². The summed E-state index contributed by atoms with van der Waals surface area (Å²) in [5.74, 6) is 0.491. The second-order valence-corrected chi connectivity index (χ2v) is 10.5. The van der Waals surface area contributed by atoms with Crippen molar-refractivity contribution >= 4 is 54.8 Å². The lowest BCUT2D eigenvalue weighted by atomic mass is 10.2. The molecule has 174 valence electrons. The average Bonchev–Trinajstić information content (AvgIpc) is 3.13. The Bertz CT molecular complexity index is 1180. The Morgan fingerprint density at radius 3 is 2.53 bits per heavy atom. The lowest BCUT2D eigenvalue weighted by Gasteiger charge is -2.21. The maximum Gasteiger partial charge on any atom is 0.260 e. The van der Waals surface area contributed by atoms with E-state index in [1.165, 1.54) is 23.5 Å². The van der Waals surface area contributed by atoms with Crippen LogP contribution in [0.1, 0.15) is 23.7 Å². The molecule has 0 radical (unpaired) electrons. The van der Waals surface area contributed by atoms with Crippen LogP contribution in [0, 0.1) is 0 Å². The number of fused-ring (bicyclic) bond motifs is 1. The molecule has 32 heavy (non-hydrogen) atoms. The van der Waals surface area contributed by atoms with E-state index in [2.05, 4.69) is 9.88 Å². The summed E-state index contributed by atoms with van der Waals surface area (Å²) in [7, 11) is 0.549. The molecular weight excluding hydrogens is 470 g/mol. The number of halogens is 1. The van der Waals surface area contributed by atoms with E-state index in [0.29, 0.717) is 23.8 Å². The Hall–Kier alpha value is -2.20. The molecule has 3 rings (SSSR count). The third-order valence-electron chi connectivity index (χ3n) is 4.63. The SMILES string of the molecule is CCOc1ccc2nc(N(CCCN(C)C)C(=O)c3cccc(S(C)(=O)=O)c3)sc2c1.Cl. The number of benzene rings is 2. The minimum Gasteiger partial charge on any atom is -0.494 e. The molecule has 1 heterocycles. The molecule has 0 aliphatic carbocycles. The minimum absolute atomic E-state index is 0. The molecule has 0 aliphatic heterocycles. The number of sulfone groups is 1. The van der Waals surface area contributed by atoms with Crippen LogP contribution >= 0.6 is 23.7 Å². The van der Waals surface area contributed by atoms with Crippen LogP contribution in [0.15, 0.2) is 47.4 Å². The van der Waals surface area contributed by atoms with Crippen LogP contribution in [0.4, 0.5) is 5.13 Å². The highest BCUT2D eigenvalue weighted by molar-refractivity contribution is 7.90. The summed E-state index contributed by atoms with van der Waals surface area (Å²) in [5.41, 5.74) is 1.11. The molecule has 0 bridgehead atoms. The number of hydrogen-bond acceptors (Lipinski definition) is 7. The van der Waals surface area contributed by atoms with Crippen LogP contribution in [0.2, 0.25) is 0 Å². The van der Waals surface area contributed by atoms with Crippen molar-refractivity contribution in [1.82, 2.24) is 9.88 Å². The highest BCUT2D eigenvalue weighted by Gasteiger charge is 2.22. The summed E-state index contributed by atoms with van der Waals surface area (Å²) in [6.45, 7) is 3.78. The molecule has 0 atom stereocenters. The predicted molar refractivity (Wildman–Crippen MR) is 132 cm³/mol. The fraction of sp³-hybridized carbons (Fsp3) is 0.364. The van der Waals surface area contributed by atoms with Crippen molar-refractivity contribution < 1.29 is 17.9 Å². The van der Waals surface area contributed by atoms with Crippen LogP contribution in [0.25, 0.3) is 10.2 Å². The number of hydrogen-bond donors (Lipinski definition) is 0. The van der Waals surface area contributed by atoms with Gasteiger partial charge in [0, 0.05) is 18.4 Å². The smallest absolute Gasteiger partial charge is 0.260 e. The first kappa shape index (κ1) is 26.1. The summed E-state index contributed by atoms with van der Waals surface area (Å²) < 4.78 is 30.4. The first-order valence-corrected chi connectivity index (χ1v) is 12.7. The summed E-state index contributed by atoms with van der Waals surface area (Å²) >= 11 is 1.42. The number of nitrogens with zero attached hydrogens (tertiary/aromatic N) is 3. The van der Waals surface area contributed by atoms with Crippen molar-refractivity contribution in [3.05, 3.63) is 48.0 Å². The summed E-state index contributed by atoms with van der Waals surface area (Å²) in [5, 5.41) is 0.581. The van der Waals surface area contributed by atoms with E-state index in [0.717, 1.165) is 35.2 Å². The Morgan fingerprint density at radius 1 is 1.12 bits per heavy atom. The zero-order valence-corrected chi connectivity index (χ0v) is 21.0. The van der Waals surface area contributed by atoms with E-state index in [1.807, 2.05) is 39.2 Å². The molecule has 2 aromatic carbocycles. The first-order chi connectivity index (χ1) is 14.7. The third-order valence-corrected chi connectivity index (χ3v) is 6.78. The predicted octanol–water partition coefficient (Wildman–Crippen LogP) is 4.12. The lowest BCUT2D eigenvalue weighted by molar-refractivity contribution is 0.0986. The molecule has 0 spiro atoms. The highest BCUT2D eigenvalue weighted by atomic mass is 35.5. The molecule has 0 saturated heterocycles. The monoisotopic (exact) mass is 497 g/mol. The Balaban J connectivity index is 0.00000363. The van der Waals surface area contributed by atoms with Crippen LogP contribution in [-0.4, -0.2) is 64.3 Å². The molecule has 0 N–H and O–H groups in total. The molecule has 1 amide bonds. The number of ether oxygens (including phenoxy) is 1. The number of carbonyl (C=O) groups is 1. The third kappa shape index (κ3) is 6.41. The van der Waals surface area contributed by atoms with Crippen molar-refractivity contribution in [2.75, 3.05) is 44.9 Å². The van der Waals surface area contributed by atoms with Gasteiger partial charge in [0.25, 0.3) is 5.91 Å². The van der Waals surface area contributed by atoms with E-state index < -0.39 is 9.84 Å². The molecular formula is C22H28ClN3O4S2. The van der Waals surface area contributed by atoms with E-state index in [-0.39, 0.29) is 23.2 Å². The molecule has 7 nitrogen and oxygen atoms in total. The van der Waals surface area contributed by atoms with Crippen LogP contribution in [0.3, 0.4) is 0 Å². The summed E-state index contributed by atoms with van der Waals surface area (Å²) in [6, 6.07) is 11.8. The van der Waals surface area contributed by atoms with Gasteiger partial charge in [-0.1, -0.05) is 17.4 Å². The Kier molecular flexibility index (Phi) is 9.03. The summed E-state index contributed by atoms with van der Waals surface area (Å²) in [6.07, 6.45) is 1.89. The molecule has 0 unspecified atom stereocenters. The van der Waals surface area contributed by atoms with E-state index in [9.17, 15) is 13.2 Å². The number of aromatic nitrogens is 1. The molecule has 10 heteroatoms. The maximum atomic E-state index is 13.4. The van der Waals surface area contributed by atoms with Crippen LogP contribution in [0.5, 0.6) is 5.75 Å². The molecule has 0 fully saturated rings. The van der Waals surface area contributed by atoms with Crippen molar-refractivity contribution in [1.29, 1.82) is 0 Å². The van der Waals surface area contributed by atoms with Gasteiger partial charge >= 0.3 is 0 Å². The van der Waals surface area contributed by atoms with Gasteiger partial charge in [-0.2, -0.15) is 0 Å². The van der Waals surface area contributed by atoms with Gasteiger partial charge in [-0.05, 0) is 70.4 Å². The second kappa shape index (κ2) is 11.1. The van der Waals surface area contributed by atoms with Crippen molar-refractivity contribution in [2.24, 2.45) is 0 Å². The first-order valence-electron chi connectivity index (χ1n) is 9.99. The summed E-state index contributed by atoms with van der Waals surface area (Å²) in [4.78, 5) is 21.9. The fourth-order valence-electron chi connectivity index (χ4n) is 3.11.